The van der Waals surface area contributed by atoms with Crippen LogP contribution >= 0.6 is 24.0 Å². The second kappa shape index (κ2) is 11.3. The highest BCUT2D eigenvalue weighted by Gasteiger charge is 2.28. The first kappa shape index (κ1) is 19.8. The Morgan fingerprint density at radius 2 is 2.00 bits per heavy atom. The molecule has 0 spiro atoms. The van der Waals surface area contributed by atoms with Crippen LogP contribution in [0.2, 0.25) is 0 Å². The van der Waals surface area contributed by atoms with E-state index in [9.17, 15) is 4.79 Å². The molecular formula is C16H27IN4O2. The van der Waals surface area contributed by atoms with Crippen LogP contribution in [0.15, 0.2) is 27.8 Å². The molecule has 1 heterocycles. The summed E-state index contributed by atoms with van der Waals surface area (Å²) in [6, 6.07) is 3.85. The van der Waals surface area contributed by atoms with Crippen molar-refractivity contribution in [3.63, 3.8) is 0 Å². The van der Waals surface area contributed by atoms with Crippen molar-refractivity contribution in [1.29, 1.82) is 0 Å². The van der Waals surface area contributed by atoms with Crippen molar-refractivity contribution in [2.24, 2.45) is 10.9 Å². The van der Waals surface area contributed by atoms with Gasteiger partial charge in [-0.2, -0.15) is 0 Å². The third-order valence-corrected chi connectivity index (χ3v) is 3.40. The molecule has 23 heavy (non-hydrogen) atoms. The number of furan rings is 1. The molecule has 0 aromatic carbocycles. The average Bonchev–Trinajstić information content (AvgIpc) is 3.25. The first-order valence-electron chi connectivity index (χ1n) is 8.12. The molecule has 0 radical (unpaired) electrons. The van der Waals surface area contributed by atoms with Crippen molar-refractivity contribution in [2.75, 3.05) is 26.2 Å². The molecule has 1 aliphatic carbocycles. The molecular weight excluding hydrogens is 407 g/mol. The normalized spacial score (nSPS) is 14.0. The summed E-state index contributed by atoms with van der Waals surface area (Å²) in [4.78, 5) is 16.0. The second-order valence-electron chi connectivity index (χ2n) is 5.48. The van der Waals surface area contributed by atoms with Crippen molar-refractivity contribution in [1.82, 2.24) is 16.0 Å². The lowest BCUT2D eigenvalue weighted by atomic mass is 10.3. The van der Waals surface area contributed by atoms with E-state index in [-0.39, 0.29) is 35.8 Å². The van der Waals surface area contributed by atoms with E-state index in [1.165, 1.54) is 0 Å². The van der Waals surface area contributed by atoms with Crippen molar-refractivity contribution in [3.05, 3.63) is 24.2 Å². The molecule has 0 bridgehead atoms. The summed E-state index contributed by atoms with van der Waals surface area (Å²) in [5.74, 6) is 2.19. The van der Waals surface area contributed by atoms with Crippen molar-refractivity contribution >= 4 is 35.8 Å². The number of hydrogen-bond acceptors (Lipinski definition) is 3. The number of aliphatic imine (C=N–C) groups is 1. The number of nitrogens with zero attached hydrogens (tertiary/aromatic N) is 1. The number of carbonyl (C=O) groups is 1. The summed E-state index contributed by atoms with van der Waals surface area (Å²) >= 11 is 0. The van der Waals surface area contributed by atoms with E-state index in [4.69, 9.17) is 4.42 Å². The van der Waals surface area contributed by atoms with Crippen LogP contribution < -0.4 is 16.0 Å². The molecule has 6 nitrogen and oxygen atoms in total. The van der Waals surface area contributed by atoms with Gasteiger partial charge in [0.05, 0.1) is 6.26 Å². The van der Waals surface area contributed by atoms with Crippen LogP contribution in [-0.2, 0) is 11.2 Å². The molecule has 1 aromatic rings. The SMILES string of the molecule is CCCN=C(NCCNC(=O)C1CC1)NCCc1ccco1.I. The fourth-order valence-electron chi connectivity index (χ4n) is 2.01. The first-order chi connectivity index (χ1) is 10.8. The summed E-state index contributed by atoms with van der Waals surface area (Å²) in [6.07, 6.45) is 5.58. The van der Waals surface area contributed by atoms with Gasteiger partial charge in [-0.05, 0) is 31.4 Å². The fourth-order valence-corrected chi connectivity index (χ4v) is 2.01. The Kier molecular flexibility index (Phi) is 9.74. The minimum absolute atomic E-state index is 0. The average molecular weight is 434 g/mol. The standard InChI is InChI=1S/C16H26N4O2.HI/c1-2-8-18-16(19-9-7-14-4-3-12-22-14)20-11-10-17-15(21)13-5-6-13;/h3-4,12-13H,2,5-11H2,1H3,(H,17,21)(H2,18,19,20);1H. The number of carbonyl (C=O) groups excluding carboxylic acids is 1. The summed E-state index contributed by atoms with van der Waals surface area (Å²) in [5, 5.41) is 9.46. The Hall–Kier alpha value is -1.25. The van der Waals surface area contributed by atoms with Gasteiger partial charge in [0.2, 0.25) is 5.91 Å². The van der Waals surface area contributed by atoms with Crippen LogP contribution in [0.4, 0.5) is 0 Å². The molecule has 130 valence electrons. The van der Waals surface area contributed by atoms with Gasteiger partial charge in [-0.15, -0.1) is 24.0 Å². The quantitative estimate of drug-likeness (QED) is 0.240. The molecule has 1 fully saturated rings. The molecule has 1 aromatic heterocycles. The molecule has 3 N–H and O–H groups in total. The Labute approximate surface area is 154 Å². The lowest BCUT2D eigenvalue weighted by Gasteiger charge is -2.12. The van der Waals surface area contributed by atoms with E-state index < -0.39 is 0 Å². The number of nitrogens with one attached hydrogen (secondary N) is 3. The maximum absolute atomic E-state index is 11.5. The highest BCUT2D eigenvalue weighted by atomic mass is 127. The monoisotopic (exact) mass is 434 g/mol. The van der Waals surface area contributed by atoms with Gasteiger partial charge in [0.1, 0.15) is 5.76 Å². The van der Waals surface area contributed by atoms with E-state index in [0.717, 1.165) is 50.5 Å². The van der Waals surface area contributed by atoms with Crippen LogP contribution in [-0.4, -0.2) is 38.0 Å². The summed E-state index contributed by atoms with van der Waals surface area (Å²) in [6.45, 7) is 4.94. The van der Waals surface area contributed by atoms with Crippen LogP contribution in [0.25, 0.3) is 0 Å². The Morgan fingerprint density at radius 3 is 2.65 bits per heavy atom. The predicted molar refractivity (Wildman–Crippen MR) is 102 cm³/mol. The number of halogens is 1. The van der Waals surface area contributed by atoms with Crippen LogP contribution in [0.3, 0.4) is 0 Å². The molecule has 1 aliphatic rings. The minimum Gasteiger partial charge on any atom is -0.469 e. The third-order valence-electron chi connectivity index (χ3n) is 3.40. The van der Waals surface area contributed by atoms with Gasteiger partial charge in [-0.3, -0.25) is 9.79 Å². The van der Waals surface area contributed by atoms with Crippen molar-refractivity contribution in [2.45, 2.75) is 32.6 Å². The minimum atomic E-state index is 0. The Morgan fingerprint density at radius 1 is 1.26 bits per heavy atom. The van der Waals surface area contributed by atoms with Crippen LogP contribution in [0.5, 0.6) is 0 Å². The molecule has 0 aliphatic heterocycles. The number of hydrogen-bond donors (Lipinski definition) is 3. The summed E-state index contributed by atoms with van der Waals surface area (Å²) in [7, 11) is 0. The number of rotatable bonds is 9. The van der Waals surface area contributed by atoms with Gasteiger partial charge in [-0.25, -0.2) is 0 Å². The predicted octanol–water partition coefficient (Wildman–Crippen LogP) is 1.91. The van der Waals surface area contributed by atoms with Gasteiger partial charge >= 0.3 is 0 Å². The topological polar surface area (TPSA) is 78.7 Å². The van der Waals surface area contributed by atoms with Crippen LogP contribution in [0, 0.1) is 5.92 Å². The molecule has 2 rings (SSSR count). The Bertz CT molecular complexity index is 472. The summed E-state index contributed by atoms with van der Waals surface area (Å²) < 4.78 is 5.30. The smallest absolute Gasteiger partial charge is 0.223 e. The molecule has 0 atom stereocenters. The van der Waals surface area contributed by atoms with Gasteiger partial charge in [0.25, 0.3) is 0 Å². The van der Waals surface area contributed by atoms with Crippen molar-refractivity contribution < 1.29 is 9.21 Å². The molecule has 7 heteroatoms. The lowest BCUT2D eigenvalue weighted by molar-refractivity contribution is -0.122. The van der Waals surface area contributed by atoms with Gasteiger partial charge in [0, 0.05) is 38.5 Å². The van der Waals surface area contributed by atoms with E-state index in [0.29, 0.717) is 13.1 Å². The summed E-state index contributed by atoms with van der Waals surface area (Å²) in [5.41, 5.74) is 0. The van der Waals surface area contributed by atoms with Crippen molar-refractivity contribution in [3.8, 4) is 0 Å². The zero-order chi connectivity index (χ0) is 15.6. The van der Waals surface area contributed by atoms with Gasteiger partial charge in [0.15, 0.2) is 5.96 Å². The number of guanidine groups is 1. The van der Waals surface area contributed by atoms with E-state index in [2.05, 4.69) is 27.9 Å². The fraction of sp³-hybridized carbons (Fsp3) is 0.625. The highest BCUT2D eigenvalue weighted by Crippen LogP contribution is 2.28. The highest BCUT2D eigenvalue weighted by molar-refractivity contribution is 14.0. The Balaban J connectivity index is 0.00000264. The molecule has 0 unspecified atom stereocenters. The molecule has 1 amide bonds. The molecule has 0 saturated heterocycles. The molecule has 1 saturated carbocycles. The third kappa shape index (κ3) is 8.24. The van der Waals surface area contributed by atoms with Crippen LogP contribution in [0.1, 0.15) is 31.9 Å². The van der Waals surface area contributed by atoms with Gasteiger partial charge < -0.3 is 20.4 Å². The van der Waals surface area contributed by atoms with Gasteiger partial charge in [-0.1, -0.05) is 6.92 Å². The lowest BCUT2D eigenvalue weighted by Crippen LogP contribution is -2.42. The second-order valence-corrected chi connectivity index (χ2v) is 5.48. The van der Waals surface area contributed by atoms with E-state index in [1.54, 1.807) is 6.26 Å². The van der Waals surface area contributed by atoms with E-state index in [1.807, 2.05) is 12.1 Å². The van der Waals surface area contributed by atoms with E-state index >= 15 is 0 Å². The zero-order valence-electron chi connectivity index (χ0n) is 13.6. The largest absolute Gasteiger partial charge is 0.469 e. The zero-order valence-corrected chi connectivity index (χ0v) is 16.0. The number of amides is 1. The first-order valence-corrected chi connectivity index (χ1v) is 8.12. The maximum atomic E-state index is 11.5. The maximum Gasteiger partial charge on any atom is 0.223 e.